The van der Waals surface area contributed by atoms with Gasteiger partial charge in [-0.3, -0.25) is 5.10 Å². The molecular formula is C8H13N3O2S. The lowest BCUT2D eigenvalue weighted by atomic mass is 10.4. The van der Waals surface area contributed by atoms with Crippen LogP contribution in [-0.2, 0) is 16.6 Å². The normalized spacial score (nSPS) is 17.1. The van der Waals surface area contributed by atoms with Crippen LogP contribution in [0.5, 0.6) is 0 Å². The van der Waals surface area contributed by atoms with Gasteiger partial charge in [0.05, 0.1) is 11.9 Å². The van der Waals surface area contributed by atoms with E-state index in [-0.39, 0.29) is 5.75 Å². The summed E-state index contributed by atoms with van der Waals surface area (Å²) in [5.41, 5.74) is 0.851. The minimum absolute atomic E-state index is 0.269. The average molecular weight is 215 g/mol. The summed E-state index contributed by atoms with van der Waals surface area (Å²) in [6, 6.07) is 0. The van der Waals surface area contributed by atoms with Crippen LogP contribution in [0, 0.1) is 5.92 Å². The highest BCUT2D eigenvalue weighted by atomic mass is 32.2. The summed E-state index contributed by atoms with van der Waals surface area (Å²) >= 11 is 0. The lowest BCUT2D eigenvalue weighted by Crippen LogP contribution is -2.26. The molecule has 5 nitrogen and oxygen atoms in total. The van der Waals surface area contributed by atoms with Gasteiger partial charge in [-0.2, -0.15) is 5.10 Å². The van der Waals surface area contributed by atoms with E-state index in [0.29, 0.717) is 12.5 Å². The highest BCUT2D eigenvalue weighted by Gasteiger charge is 2.27. The van der Waals surface area contributed by atoms with E-state index in [0.717, 1.165) is 18.4 Å². The molecule has 0 atom stereocenters. The van der Waals surface area contributed by atoms with Gasteiger partial charge < -0.3 is 0 Å². The molecule has 0 saturated heterocycles. The molecule has 2 N–H and O–H groups in total. The lowest BCUT2D eigenvalue weighted by Gasteiger charge is -2.03. The van der Waals surface area contributed by atoms with E-state index < -0.39 is 10.0 Å². The number of hydrogen-bond donors (Lipinski definition) is 2. The maximum absolute atomic E-state index is 11.4. The van der Waals surface area contributed by atoms with E-state index in [1.54, 1.807) is 12.4 Å². The molecule has 78 valence electrons. The molecule has 0 amide bonds. The molecule has 1 aliphatic carbocycles. The molecule has 2 rings (SSSR count). The number of nitrogens with one attached hydrogen (secondary N) is 2. The van der Waals surface area contributed by atoms with Gasteiger partial charge in [0.2, 0.25) is 10.0 Å². The Morgan fingerprint density at radius 2 is 2.36 bits per heavy atom. The van der Waals surface area contributed by atoms with Crippen molar-refractivity contribution in [1.82, 2.24) is 14.9 Å². The Morgan fingerprint density at radius 1 is 1.57 bits per heavy atom. The topological polar surface area (TPSA) is 74.8 Å². The van der Waals surface area contributed by atoms with E-state index >= 15 is 0 Å². The number of rotatable bonds is 5. The predicted molar refractivity (Wildman–Crippen MR) is 51.9 cm³/mol. The van der Waals surface area contributed by atoms with Crippen LogP contribution in [0.15, 0.2) is 12.4 Å². The van der Waals surface area contributed by atoms with Crippen molar-refractivity contribution in [2.45, 2.75) is 19.4 Å². The van der Waals surface area contributed by atoms with Crippen molar-refractivity contribution >= 4 is 10.0 Å². The maximum atomic E-state index is 11.4. The Balaban J connectivity index is 1.84. The van der Waals surface area contributed by atoms with Crippen molar-refractivity contribution in [3.63, 3.8) is 0 Å². The molecule has 1 fully saturated rings. The van der Waals surface area contributed by atoms with Crippen molar-refractivity contribution < 1.29 is 8.42 Å². The van der Waals surface area contributed by atoms with Gasteiger partial charge in [-0.25, -0.2) is 13.1 Å². The number of aromatic nitrogens is 2. The fourth-order valence-corrected chi connectivity index (χ4v) is 2.68. The second-order valence-electron chi connectivity index (χ2n) is 3.65. The van der Waals surface area contributed by atoms with Crippen molar-refractivity contribution in [2.24, 2.45) is 5.92 Å². The van der Waals surface area contributed by atoms with Crippen molar-refractivity contribution in [1.29, 1.82) is 0 Å². The van der Waals surface area contributed by atoms with Crippen LogP contribution in [-0.4, -0.2) is 24.4 Å². The molecule has 1 aliphatic rings. The largest absolute Gasteiger partial charge is 0.285 e. The van der Waals surface area contributed by atoms with Crippen LogP contribution >= 0.6 is 0 Å². The first kappa shape index (κ1) is 9.67. The smallest absolute Gasteiger partial charge is 0.212 e. The van der Waals surface area contributed by atoms with E-state index in [2.05, 4.69) is 14.9 Å². The number of nitrogens with zero attached hydrogens (tertiary/aromatic N) is 1. The second kappa shape index (κ2) is 3.70. The Labute approximate surface area is 83.0 Å². The Hall–Kier alpha value is -0.880. The standard InChI is InChI=1S/C8H13N3O2S/c12-14(13,6-7-1-2-7)11-5-8-3-9-10-4-8/h3-4,7,11H,1-2,5-6H2,(H,9,10). The maximum Gasteiger partial charge on any atom is 0.212 e. The SMILES string of the molecule is O=S(=O)(CC1CC1)NCc1cn[nH]c1. The first-order valence-electron chi connectivity index (χ1n) is 4.61. The molecule has 1 saturated carbocycles. The highest BCUT2D eigenvalue weighted by Crippen LogP contribution is 2.29. The molecule has 0 spiro atoms. The summed E-state index contributed by atoms with van der Waals surface area (Å²) in [7, 11) is -3.09. The van der Waals surface area contributed by atoms with Gasteiger partial charge in [-0.15, -0.1) is 0 Å². The highest BCUT2D eigenvalue weighted by molar-refractivity contribution is 7.89. The first-order chi connectivity index (χ1) is 6.66. The van der Waals surface area contributed by atoms with Gasteiger partial charge >= 0.3 is 0 Å². The van der Waals surface area contributed by atoms with E-state index in [1.165, 1.54) is 0 Å². The second-order valence-corrected chi connectivity index (χ2v) is 5.50. The third kappa shape index (κ3) is 2.81. The number of aromatic amines is 1. The summed E-state index contributed by atoms with van der Waals surface area (Å²) in [5.74, 6) is 0.655. The zero-order chi connectivity index (χ0) is 10.0. The van der Waals surface area contributed by atoms with Crippen LogP contribution < -0.4 is 4.72 Å². The summed E-state index contributed by atoms with van der Waals surface area (Å²) < 4.78 is 25.4. The van der Waals surface area contributed by atoms with Gasteiger partial charge in [-0.1, -0.05) is 0 Å². The van der Waals surface area contributed by atoms with Crippen molar-refractivity contribution in [2.75, 3.05) is 5.75 Å². The van der Waals surface area contributed by atoms with Crippen LogP contribution in [0.4, 0.5) is 0 Å². The molecule has 1 aromatic heterocycles. The molecule has 14 heavy (non-hydrogen) atoms. The molecule has 0 aromatic carbocycles. The Kier molecular flexibility index (Phi) is 2.56. The quantitative estimate of drug-likeness (QED) is 0.738. The third-order valence-electron chi connectivity index (χ3n) is 2.20. The number of H-pyrrole nitrogens is 1. The summed E-state index contributed by atoms with van der Waals surface area (Å²) in [6.07, 6.45) is 5.39. The van der Waals surface area contributed by atoms with Crippen molar-refractivity contribution in [3.05, 3.63) is 18.0 Å². The molecular weight excluding hydrogens is 202 g/mol. The zero-order valence-electron chi connectivity index (χ0n) is 7.73. The van der Waals surface area contributed by atoms with Gasteiger partial charge in [0.25, 0.3) is 0 Å². The van der Waals surface area contributed by atoms with Crippen LogP contribution in [0.3, 0.4) is 0 Å². The monoisotopic (exact) mass is 215 g/mol. The fraction of sp³-hybridized carbons (Fsp3) is 0.625. The van der Waals surface area contributed by atoms with E-state index in [9.17, 15) is 8.42 Å². The van der Waals surface area contributed by atoms with Crippen LogP contribution in [0.1, 0.15) is 18.4 Å². The minimum atomic E-state index is -3.09. The first-order valence-corrected chi connectivity index (χ1v) is 6.26. The summed E-state index contributed by atoms with van der Waals surface area (Å²) in [5, 5.41) is 6.37. The molecule has 1 aromatic rings. The molecule has 1 heterocycles. The number of sulfonamides is 1. The molecule has 0 radical (unpaired) electrons. The van der Waals surface area contributed by atoms with Crippen molar-refractivity contribution in [3.8, 4) is 0 Å². The fourth-order valence-electron chi connectivity index (χ4n) is 1.22. The van der Waals surface area contributed by atoms with Crippen LogP contribution in [0.2, 0.25) is 0 Å². The van der Waals surface area contributed by atoms with Crippen LogP contribution in [0.25, 0.3) is 0 Å². The average Bonchev–Trinajstić information content (AvgIpc) is 2.78. The van der Waals surface area contributed by atoms with E-state index in [4.69, 9.17) is 0 Å². The summed E-state index contributed by atoms with van der Waals surface area (Å²) in [6.45, 7) is 0.325. The zero-order valence-corrected chi connectivity index (χ0v) is 8.55. The van der Waals surface area contributed by atoms with E-state index in [1.807, 2.05) is 0 Å². The molecule has 0 unspecified atom stereocenters. The van der Waals surface area contributed by atoms with Gasteiger partial charge in [0.1, 0.15) is 0 Å². The van der Waals surface area contributed by atoms with Gasteiger partial charge in [0.15, 0.2) is 0 Å². The van der Waals surface area contributed by atoms with Gasteiger partial charge in [-0.05, 0) is 18.8 Å². The lowest BCUT2D eigenvalue weighted by molar-refractivity contribution is 0.577. The minimum Gasteiger partial charge on any atom is -0.285 e. The predicted octanol–water partition coefficient (Wildman–Crippen LogP) is 0.239. The Morgan fingerprint density at radius 3 is 2.93 bits per heavy atom. The summed E-state index contributed by atoms with van der Waals surface area (Å²) in [4.78, 5) is 0. The third-order valence-corrected chi connectivity index (χ3v) is 3.70. The number of hydrogen-bond acceptors (Lipinski definition) is 3. The van der Waals surface area contributed by atoms with Gasteiger partial charge in [0, 0.05) is 18.3 Å². The molecule has 0 aliphatic heterocycles. The molecule has 6 heteroatoms. The Bertz CT molecular complexity index is 381. The molecule has 0 bridgehead atoms.